The number of hydrogen-bond donors (Lipinski definition) is 1. The third-order valence-electron chi connectivity index (χ3n) is 4.34. The van der Waals surface area contributed by atoms with E-state index in [0.717, 1.165) is 31.4 Å². The van der Waals surface area contributed by atoms with Crippen LogP contribution in [0.15, 0.2) is 18.2 Å². The number of benzene rings is 1. The summed E-state index contributed by atoms with van der Waals surface area (Å²) in [6.07, 6.45) is 2.19. The van der Waals surface area contributed by atoms with E-state index >= 15 is 0 Å². The third kappa shape index (κ3) is 3.84. The lowest BCUT2D eigenvalue weighted by Gasteiger charge is -2.34. The molecular formula is C17H20F2N4O2. The maximum absolute atomic E-state index is 13.8. The van der Waals surface area contributed by atoms with Gasteiger partial charge in [0.25, 0.3) is 0 Å². The van der Waals surface area contributed by atoms with Crippen LogP contribution >= 0.6 is 0 Å². The van der Waals surface area contributed by atoms with Gasteiger partial charge in [0.15, 0.2) is 11.6 Å². The van der Waals surface area contributed by atoms with Gasteiger partial charge in [0, 0.05) is 19.2 Å². The molecule has 25 heavy (non-hydrogen) atoms. The fraction of sp³-hybridized carbons (Fsp3) is 0.471. The number of piperidine rings is 1. The molecule has 1 aromatic carbocycles. The summed E-state index contributed by atoms with van der Waals surface area (Å²) in [4.78, 5) is 18.7. The summed E-state index contributed by atoms with van der Waals surface area (Å²) in [6, 6.07) is 3.31. The van der Waals surface area contributed by atoms with E-state index in [9.17, 15) is 13.6 Å². The van der Waals surface area contributed by atoms with Gasteiger partial charge in [-0.25, -0.2) is 13.8 Å². The van der Waals surface area contributed by atoms with Crippen molar-refractivity contribution >= 4 is 5.91 Å². The lowest BCUT2D eigenvalue weighted by atomic mass is 10.00. The predicted octanol–water partition coefficient (Wildman–Crippen LogP) is 2.53. The molecule has 1 atom stereocenters. The molecule has 0 aliphatic carbocycles. The minimum absolute atomic E-state index is 0.202. The maximum atomic E-state index is 13.8. The number of ether oxygens (including phenoxy) is 1. The Bertz CT molecular complexity index is 730. The topological polar surface area (TPSA) is 71.1 Å². The highest BCUT2D eigenvalue weighted by molar-refractivity contribution is 5.79. The Morgan fingerprint density at radius 2 is 2.12 bits per heavy atom. The second kappa shape index (κ2) is 7.69. The van der Waals surface area contributed by atoms with Gasteiger partial charge in [-0.3, -0.25) is 9.89 Å². The Labute approximate surface area is 144 Å². The van der Waals surface area contributed by atoms with Crippen LogP contribution in [-0.2, 0) is 22.6 Å². The molecule has 1 aliphatic heterocycles. The third-order valence-corrected chi connectivity index (χ3v) is 4.34. The lowest BCUT2D eigenvalue weighted by molar-refractivity contribution is -0.134. The summed E-state index contributed by atoms with van der Waals surface area (Å²) >= 11 is 0. The highest BCUT2D eigenvalue weighted by Crippen LogP contribution is 2.30. The zero-order valence-electron chi connectivity index (χ0n) is 14.0. The smallest absolute Gasteiger partial charge is 0.227 e. The summed E-state index contributed by atoms with van der Waals surface area (Å²) < 4.78 is 32.7. The average Bonchev–Trinajstić information content (AvgIpc) is 3.07. The monoisotopic (exact) mass is 350 g/mol. The van der Waals surface area contributed by atoms with Gasteiger partial charge in [0.05, 0.1) is 12.5 Å². The maximum Gasteiger partial charge on any atom is 0.227 e. The molecule has 1 fully saturated rings. The highest BCUT2D eigenvalue weighted by atomic mass is 19.1. The van der Waals surface area contributed by atoms with E-state index < -0.39 is 11.6 Å². The molecule has 1 aromatic heterocycles. The number of carbonyl (C=O) groups is 1. The number of aromatic amines is 1. The van der Waals surface area contributed by atoms with Crippen LogP contribution in [0, 0.1) is 11.6 Å². The molecule has 1 aliphatic rings. The Balaban J connectivity index is 1.79. The molecule has 0 radical (unpaired) electrons. The van der Waals surface area contributed by atoms with Crippen molar-refractivity contribution in [3.05, 3.63) is 47.0 Å². The van der Waals surface area contributed by atoms with E-state index in [0.29, 0.717) is 24.8 Å². The first-order valence-electron chi connectivity index (χ1n) is 8.22. The molecule has 134 valence electrons. The van der Waals surface area contributed by atoms with Crippen molar-refractivity contribution in [3.8, 4) is 0 Å². The zero-order chi connectivity index (χ0) is 17.8. The van der Waals surface area contributed by atoms with E-state index in [4.69, 9.17) is 4.74 Å². The van der Waals surface area contributed by atoms with Gasteiger partial charge in [-0.15, -0.1) is 0 Å². The molecule has 8 heteroatoms. The van der Waals surface area contributed by atoms with Crippen LogP contribution in [0.5, 0.6) is 0 Å². The summed E-state index contributed by atoms with van der Waals surface area (Å²) in [6.45, 7) is 0.821. The van der Waals surface area contributed by atoms with Crippen LogP contribution in [0.3, 0.4) is 0 Å². The van der Waals surface area contributed by atoms with E-state index in [2.05, 4.69) is 15.2 Å². The van der Waals surface area contributed by atoms with Crippen LogP contribution in [0.1, 0.15) is 42.5 Å². The fourth-order valence-corrected chi connectivity index (χ4v) is 3.11. The van der Waals surface area contributed by atoms with Gasteiger partial charge in [-0.2, -0.15) is 5.10 Å². The van der Waals surface area contributed by atoms with Crippen LogP contribution in [-0.4, -0.2) is 39.6 Å². The Kier molecular flexibility index (Phi) is 5.37. The molecule has 0 unspecified atom stereocenters. The lowest BCUT2D eigenvalue weighted by Crippen LogP contribution is -2.40. The number of H-pyrrole nitrogens is 1. The minimum Gasteiger partial charge on any atom is -0.377 e. The largest absolute Gasteiger partial charge is 0.377 e. The van der Waals surface area contributed by atoms with Crippen molar-refractivity contribution in [3.63, 3.8) is 0 Å². The summed E-state index contributed by atoms with van der Waals surface area (Å²) in [7, 11) is 1.56. The SMILES string of the molecule is COCc1nc([C@H]2CCCCN2C(=O)Cc2c(F)cccc2F)n[nH]1. The van der Waals surface area contributed by atoms with Gasteiger partial charge in [-0.05, 0) is 31.4 Å². The number of nitrogens with one attached hydrogen (secondary N) is 1. The molecule has 1 saturated heterocycles. The molecule has 0 bridgehead atoms. The molecule has 0 saturated carbocycles. The zero-order valence-corrected chi connectivity index (χ0v) is 14.0. The van der Waals surface area contributed by atoms with Crippen molar-refractivity contribution in [2.75, 3.05) is 13.7 Å². The standard InChI is InChI=1S/C17H20F2N4O2/c1-25-10-15-20-17(22-21-15)14-7-2-3-8-23(14)16(24)9-11-12(18)5-4-6-13(11)19/h4-6,14H,2-3,7-10H2,1H3,(H,20,21,22)/t14-/m1/s1. The van der Waals surface area contributed by atoms with Crippen LogP contribution in [0.25, 0.3) is 0 Å². The second-order valence-corrected chi connectivity index (χ2v) is 6.05. The van der Waals surface area contributed by atoms with E-state index in [-0.39, 0.29) is 23.9 Å². The molecule has 3 rings (SSSR count). The van der Waals surface area contributed by atoms with Crippen LogP contribution < -0.4 is 0 Å². The average molecular weight is 350 g/mol. The van der Waals surface area contributed by atoms with Crippen molar-refractivity contribution < 1.29 is 18.3 Å². The Hall–Kier alpha value is -2.35. The minimum atomic E-state index is -0.706. The van der Waals surface area contributed by atoms with Crippen LogP contribution in [0.4, 0.5) is 8.78 Å². The number of methoxy groups -OCH3 is 1. The normalized spacial score (nSPS) is 17.7. The Morgan fingerprint density at radius 3 is 2.84 bits per heavy atom. The first-order valence-corrected chi connectivity index (χ1v) is 8.22. The molecule has 0 spiro atoms. The van der Waals surface area contributed by atoms with Gasteiger partial charge in [-0.1, -0.05) is 6.07 Å². The molecular weight excluding hydrogens is 330 g/mol. The molecule has 1 amide bonds. The van der Waals surface area contributed by atoms with Gasteiger partial charge in [0.1, 0.15) is 18.2 Å². The summed E-state index contributed by atoms with van der Waals surface area (Å²) in [5, 5.41) is 6.96. The second-order valence-electron chi connectivity index (χ2n) is 6.05. The number of halogens is 2. The number of rotatable bonds is 5. The number of amides is 1. The van der Waals surface area contributed by atoms with Crippen molar-refractivity contribution in [1.82, 2.24) is 20.1 Å². The van der Waals surface area contributed by atoms with E-state index in [1.807, 2.05) is 0 Å². The van der Waals surface area contributed by atoms with Crippen molar-refractivity contribution in [2.45, 2.75) is 38.3 Å². The number of hydrogen-bond acceptors (Lipinski definition) is 4. The fourth-order valence-electron chi connectivity index (χ4n) is 3.11. The molecule has 2 aromatic rings. The number of nitrogens with zero attached hydrogens (tertiary/aromatic N) is 3. The molecule has 6 nitrogen and oxygen atoms in total. The number of likely N-dealkylation sites (tertiary alicyclic amines) is 1. The van der Waals surface area contributed by atoms with Gasteiger partial charge < -0.3 is 9.64 Å². The molecule has 2 heterocycles. The first kappa shape index (κ1) is 17.5. The van der Waals surface area contributed by atoms with Gasteiger partial charge in [0.2, 0.25) is 5.91 Å². The van der Waals surface area contributed by atoms with Crippen molar-refractivity contribution in [1.29, 1.82) is 0 Å². The number of carbonyl (C=O) groups excluding carboxylic acids is 1. The predicted molar refractivity (Wildman–Crippen MR) is 85.5 cm³/mol. The van der Waals surface area contributed by atoms with Gasteiger partial charge >= 0.3 is 0 Å². The Morgan fingerprint density at radius 1 is 1.36 bits per heavy atom. The molecule has 1 N–H and O–H groups in total. The van der Waals surface area contributed by atoms with E-state index in [1.165, 1.54) is 6.07 Å². The van der Waals surface area contributed by atoms with Crippen LogP contribution in [0.2, 0.25) is 0 Å². The summed E-state index contributed by atoms with van der Waals surface area (Å²) in [5.74, 6) is -0.652. The first-order chi connectivity index (χ1) is 12.1. The highest BCUT2D eigenvalue weighted by Gasteiger charge is 2.31. The quantitative estimate of drug-likeness (QED) is 0.899. The summed E-state index contributed by atoms with van der Waals surface area (Å²) in [5.41, 5.74) is -0.202. The number of aromatic nitrogens is 3. The van der Waals surface area contributed by atoms with Crippen molar-refractivity contribution in [2.24, 2.45) is 0 Å². The van der Waals surface area contributed by atoms with E-state index in [1.54, 1.807) is 12.0 Å².